The lowest BCUT2D eigenvalue weighted by atomic mass is 9.65. The zero-order chi connectivity index (χ0) is 14.7. The summed E-state index contributed by atoms with van der Waals surface area (Å²) in [6.45, 7) is 5.29. The summed E-state index contributed by atoms with van der Waals surface area (Å²) in [5, 5.41) is 20.7. The molecule has 0 radical (unpaired) electrons. The zero-order valence-electron chi connectivity index (χ0n) is 11.6. The normalized spacial score (nSPS) is 47.8. The van der Waals surface area contributed by atoms with Gasteiger partial charge in [0.05, 0.1) is 11.0 Å². The van der Waals surface area contributed by atoms with Crippen LogP contribution in [0.5, 0.6) is 0 Å². The summed E-state index contributed by atoms with van der Waals surface area (Å²) in [7, 11) is 0. The number of hydrogen-bond acceptors (Lipinski definition) is 5. The first-order chi connectivity index (χ1) is 9.36. The third-order valence-corrected chi connectivity index (χ3v) is 5.81. The van der Waals surface area contributed by atoms with Gasteiger partial charge in [-0.25, -0.2) is 4.79 Å². The maximum Gasteiger partial charge on any atom is 0.334 e. The van der Waals surface area contributed by atoms with E-state index in [9.17, 15) is 19.8 Å². The van der Waals surface area contributed by atoms with Gasteiger partial charge in [0.15, 0.2) is 0 Å². The van der Waals surface area contributed by atoms with Crippen molar-refractivity contribution in [3.05, 3.63) is 12.2 Å². The van der Waals surface area contributed by atoms with E-state index in [-0.39, 0.29) is 30.6 Å². The first-order valence-corrected chi connectivity index (χ1v) is 7.12. The molecular formula is C15H20O5. The molecule has 5 heteroatoms. The number of aliphatic hydroxyl groups excluding tert-OH is 1. The Morgan fingerprint density at radius 1 is 1.40 bits per heavy atom. The van der Waals surface area contributed by atoms with Gasteiger partial charge < -0.3 is 14.9 Å². The number of esters is 1. The van der Waals surface area contributed by atoms with Gasteiger partial charge >= 0.3 is 5.97 Å². The smallest absolute Gasteiger partial charge is 0.334 e. The molecule has 3 aliphatic rings. The number of rotatable bonds is 1. The molecule has 3 rings (SSSR count). The Morgan fingerprint density at radius 3 is 2.75 bits per heavy atom. The molecule has 0 bridgehead atoms. The van der Waals surface area contributed by atoms with Crippen molar-refractivity contribution in [2.45, 2.75) is 44.3 Å². The van der Waals surface area contributed by atoms with E-state index in [2.05, 4.69) is 6.58 Å². The number of ether oxygens (including phenoxy) is 1. The average molecular weight is 280 g/mol. The molecule has 2 aliphatic carbocycles. The Labute approximate surface area is 117 Å². The molecule has 0 aromatic rings. The molecule has 110 valence electrons. The minimum Gasteiger partial charge on any atom is -0.457 e. The van der Waals surface area contributed by atoms with E-state index in [1.807, 2.05) is 0 Å². The van der Waals surface area contributed by atoms with Crippen LogP contribution in [0, 0.1) is 17.3 Å². The predicted octanol–water partition coefficient (Wildman–Crippen LogP) is 0.587. The number of carbonyl (C=O) groups is 2. The van der Waals surface area contributed by atoms with Gasteiger partial charge in [0, 0.05) is 30.4 Å². The Balaban J connectivity index is 2.13. The van der Waals surface area contributed by atoms with Crippen LogP contribution in [0.4, 0.5) is 0 Å². The molecule has 1 saturated heterocycles. The lowest BCUT2D eigenvalue weighted by Gasteiger charge is -2.44. The maximum absolute atomic E-state index is 12.4. The first kappa shape index (κ1) is 13.8. The highest BCUT2D eigenvalue weighted by Gasteiger charge is 2.68. The van der Waals surface area contributed by atoms with Crippen LogP contribution in [-0.4, -0.2) is 40.3 Å². The Hall–Kier alpha value is -1.20. The average Bonchev–Trinajstić information content (AvgIpc) is 2.80. The van der Waals surface area contributed by atoms with Gasteiger partial charge in [-0.05, 0) is 26.2 Å². The lowest BCUT2D eigenvalue weighted by Crippen LogP contribution is -2.57. The second kappa shape index (κ2) is 4.15. The van der Waals surface area contributed by atoms with E-state index in [0.717, 1.165) is 0 Å². The van der Waals surface area contributed by atoms with Crippen LogP contribution in [0.25, 0.3) is 0 Å². The van der Waals surface area contributed by atoms with Crippen molar-refractivity contribution in [2.75, 3.05) is 6.61 Å². The van der Waals surface area contributed by atoms with Gasteiger partial charge in [0.1, 0.15) is 11.9 Å². The van der Waals surface area contributed by atoms with Crippen LogP contribution >= 0.6 is 0 Å². The van der Waals surface area contributed by atoms with E-state index in [1.54, 1.807) is 6.92 Å². The molecule has 3 fully saturated rings. The summed E-state index contributed by atoms with van der Waals surface area (Å²) < 4.78 is 5.40. The van der Waals surface area contributed by atoms with Crippen LogP contribution in [-0.2, 0) is 14.3 Å². The summed E-state index contributed by atoms with van der Waals surface area (Å²) in [5.41, 5.74) is -2.06. The second-order valence-corrected chi connectivity index (χ2v) is 6.46. The van der Waals surface area contributed by atoms with Crippen molar-refractivity contribution in [1.82, 2.24) is 0 Å². The largest absolute Gasteiger partial charge is 0.457 e. The third kappa shape index (κ3) is 1.40. The Bertz CT molecular complexity index is 498. The first-order valence-electron chi connectivity index (χ1n) is 7.12. The van der Waals surface area contributed by atoms with Gasteiger partial charge in [-0.1, -0.05) is 6.58 Å². The quantitative estimate of drug-likeness (QED) is 0.542. The van der Waals surface area contributed by atoms with Crippen LogP contribution in [0.2, 0.25) is 0 Å². The Kier molecular flexibility index (Phi) is 2.86. The van der Waals surface area contributed by atoms with E-state index in [4.69, 9.17) is 4.74 Å². The standard InChI is InChI=1S/C15H20O5/c1-8-10-4-3-9(7-16)15(19)6-5-11(17)14(15,2)12(10)20-13(8)18/h9-10,12,16,19H,1,3-7H2,2H3. The highest BCUT2D eigenvalue weighted by molar-refractivity contribution is 5.94. The number of hydrogen-bond donors (Lipinski definition) is 2. The molecular weight excluding hydrogens is 260 g/mol. The molecule has 1 aliphatic heterocycles. The van der Waals surface area contributed by atoms with Crippen LogP contribution in [0.3, 0.4) is 0 Å². The van der Waals surface area contributed by atoms with Crippen molar-refractivity contribution >= 4 is 11.8 Å². The molecule has 0 spiro atoms. The third-order valence-electron chi connectivity index (χ3n) is 5.81. The topological polar surface area (TPSA) is 83.8 Å². The minimum atomic E-state index is -1.30. The van der Waals surface area contributed by atoms with Crippen LogP contribution in [0.1, 0.15) is 32.6 Å². The fourth-order valence-electron chi connectivity index (χ4n) is 4.41. The molecule has 5 nitrogen and oxygen atoms in total. The van der Waals surface area contributed by atoms with Crippen molar-refractivity contribution in [2.24, 2.45) is 17.3 Å². The summed E-state index contributed by atoms with van der Waals surface area (Å²) in [4.78, 5) is 24.2. The maximum atomic E-state index is 12.4. The lowest BCUT2D eigenvalue weighted by molar-refractivity contribution is -0.174. The van der Waals surface area contributed by atoms with E-state index in [1.165, 1.54) is 0 Å². The van der Waals surface area contributed by atoms with Crippen molar-refractivity contribution < 1.29 is 24.5 Å². The van der Waals surface area contributed by atoms with Crippen LogP contribution in [0.15, 0.2) is 12.2 Å². The second-order valence-electron chi connectivity index (χ2n) is 6.46. The highest BCUT2D eigenvalue weighted by Crippen LogP contribution is 2.58. The van der Waals surface area contributed by atoms with Gasteiger partial charge in [-0.15, -0.1) is 0 Å². The molecule has 0 amide bonds. The van der Waals surface area contributed by atoms with Crippen molar-refractivity contribution in [1.29, 1.82) is 0 Å². The number of carbonyl (C=O) groups excluding carboxylic acids is 2. The molecule has 20 heavy (non-hydrogen) atoms. The number of aliphatic hydroxyl groups is 2. The SMILES string of the molecule is C=C1C(=O)OC2C1CCC(CO)C1(O)CCC(=O)C21C. The molecule has 2 N–H and O–H groups in total. The van der Waals surface area contributed by atoms with Gasteiger partial charge in [0.2, 0.25) is 0 Å². The fourth-order valence-corrected chi connectivity index (χ4v) is 4.41. The van der Waals surface area contributed by atoms with E-state index >= 15 is 0 Å². The highest BCUT2D eigenvalue weighted by atomic mass is 16.6. The van der Waals surface area contributed by atoms with Crippen molar-refractivity contribution in [3.8, 4) is 0 Å². The summed E-state index contributed by atoms with van der Waals surface area (Å²) >= 11 is 0. The molecule has 5 unspecified atom stereocenters. The fraction of sp³-hybridized carbons (Fsp3) is 0.733. The predicted molar refractivity (Wildman–Crippen MR) is 69.6 cm³/mol. The zero-order valence-corrected chi connectivity index (χ0v) is 11.6. The summed E-state index contributed by atoms with van der Waals surface area (Å²) in [5.74, 6) is -1.16. The summed E-state index contributed by atoms with van der Waals surface area (Å²) in [6, 6.07) is 0. The molecule has 1 heterocycles. The molecule has 5 atom stereocenters. The van der Waals surface area contributed by atoms with Gasteiger partial charge in [0.25, 0.3) is 0 Å². The summed E-state index contributed by atoms with van der Waals surface area (Å²) in [6.07, 6.45) is 1.09. The minimum absolute atomic E-state index is 0.0853. The molecule has 2 saturated carbocycles. The van der Waals surface area contributed by atoms with Gasteiger partial charge in [-0.2, -0.15) is 0 Å². The number of Topliss-reactive ketones (excluding diaryl/α,β-unsaturated/α-hetero) is 1. The van der Waals surface area contributed by atoms with Crippen LogP contribution < -0.4 is 0 Å². The van der Waals surface area contributed by atoms with Gasteiger partial charge in [-0.3, -0.25) is 4.79 Å². The van der Waals surface area contributed by atoms with Crippen molar-refractivity contribution in [3.63, 3.8) is 0 Å². The number of fused-ring (bicyclic) bond motifs is 3. The monoisotopic (exact) mass is 280 g/mol. The van der Waals surface area contributed by atoms with E-state index < -0.39 is 23.1 Å². The Morgan fingerprint density at radius 2 is 2.10 bits per heavy atom. The number of ketones is 1. The molecule has 0 aromatic carbocycles. The van der Waals surface area contributed by atoms with E-state index in [0.29, 0.717) is 24.8 Å². The molecule has 0 aromatic heterocycles.